The summed E-state index contributed by atoms with van der Waals surface area (Å²) < 4.78 is 0. The van der Waals surface area contributed by atoms with E-state index in [0.717, 1.165) is 0 Å². The minimum absolute atomic E-state index is 0.174. The number of aliphatic hydroxyl groups is 2. The first-order valence-electron chi connectivity index (χ1n) is 4.37. The van der Waals surface area contributed by atoms with Crippen LogP contribution in [0.25, 0.3) is 10.4 Å². The largest absolute Gasteiger partial charge is 0.399 e. The van der Waals surface area contributed by atoms with E-state index < -0.39 is 12.2 Å². The monoisotopic (exact) mass is 208 g/mol. The van der Waals surface area contributed by atoms with Crippen LogP contribution in [0.5, 0.6) is 0 Å². The van der Waals surface area contributed by atoms with Gasteiger partial charge in [0.2, 0.25) is 0 Å². The zero-order valence-corrected chi connectivity index (χ0v) is 7.98. The molecular formula is C9H12N4O2. The number of anilines is 1. The van der Waals surface area contributed by atoms with Crippen LogP contribution in [0, 0.1) is 0 Å². The minimum Gasteiger partial charge on any atom is -0.399 e. The van der Waals surface area contributed by atoms with Crippen LogP contribution in [0.2, 0.25) is 0 Å². The van der Waals surface area contributed by atoms with Crippen molar-refractivity contribution in [3.05, 3.63) is 40.3 Å². The van der Waals surface area contributed by atoms with Crippen LogP contribution in [0.3, 0.4) is 0 Å². The lowest BCUT2D eigenvalue weighted by Gasteiger charge is -2.16. The molecule has 0 bridgehead atoms. The molecule has 0 spiro atoms. The van der Waals surface area contributed by atoms with Crippen molar-refractivity contribution in [2.24, 2.45) is 5.11 Å². The number of azide groups is 1. The van der Waals surface area contributed by atoms with Gasteiger partial charge in [-0.2, -0.15) is 0 Å². The van der Waals surface area contributed by atoms with Gasteiger partial charge in [0, 0.05) is 10.6 Å². The number of hydrogen-bond acceptors (Lipinski definition) is 4. The summed E-state index contributed by atoms with van der Waals surface area (Å²) in [6, 6.07) is 6.55. The molecule has 0 saturated carbocycles. The average molecular weight is 208 g/mol. The van der Waals surface area contributed by atoms with Crippen molar-refractivity contribution >= 4 is 5.69 Å². The van der Waals surface area contributed by atoms with E-state index >= 15 is 0 Å². The molecule has 1 rings (SSSR count). The molecule has 1 aromatic rings. The lowest BCUT2D eigenvalue weighted by atomic mass is 10.0. The van der Waals surface area contributed by atoms with Gasteiger partial charge in [-0.3, -0.25) is 0 Å². The Morgan fingerprint density at radius 2 is 2.20 bits per heavy atom. The van der Waals surface area contributed by atoms with E-state index in [1.807, 2.05) is 0 Å². The van der Waals surface area contributed by atoms with Crippen molar-refractivity contribution in [1.29, 1.82) is 0 Å². The van der Waals surface area contributed by atoms with Gasteiger partial charge in [-0.25, -0.2) is 0 Å². The Kier molecular flexibility index (Phi) is 3.93. The van der Waals surface area contributed by atoms with Gasteiger partial charge in [-0.1, -0.05) is 17.2 Å². The fourth-order valence-corrected chi connectivity index (χ4v) is 1.19. The summed E-state index contributed by atoms with van der Waals surface area (Å²) >= 11 is 0. The highest BCUT2D eigenvalue weighted by molar-refractivity contribution is 5.41. The van der Waals surface area contributed by atoms with Crippen LogP contribution in [0.15, 0.2) is 29.4 Å². The topological polar surface area (TPSA) is 115 Å². The van der Waals surface area contributed by atoms with E-state index in [2.05, 4.69) is 10.0 Å². The Labute approximate surface area is 86.6 Å². The molecule has 0 fully saturated rings. The van der Waals surface area contributed by atoms with Gasteiger partial charge >= 0.3 is 0 Å². The van der Waals surface area contributed by atoms with Gasteiger partial charge in [0.25, 0.3) is 0 Å². The van der Waals surface area contributed by atoms with Gasteiger partial charge in [-0.15, -0.1) is 0 Å². The number of aliphatic hydroxyl groups excluding tert-OH is 2. The number of benzene rings is 1. The SMILES string of the molecule is [N-]=[N+]=NCC(O)C(O)c1cccc(N)c1. The van der Waals surface area contributed by atoms with E-state index in [1.54, 1.807) is 24.3 Å². The molecule has 0 aliphatic heterocycles. The quantitative estimate of drug-likeness (QED) is 0.296. The summed E-state index contributed by atoms with van der Waals surface area (Å²) in [5, 5.41) is 22.3. The zero-order chi connectivity index (χ0) is 11.3. The highest BCUT2D eigenvalue weighted by Gasteiger charge is 2.17. The Hall–Kier alpha value is -1.75. The van der Waals surface area contributed by atoms with Crippen LogP contribution in [-0.2, 0) is 0 Å². The minimum atomic E-state index is -1.12. The van der Waals surface area contributed by atoms with Gasteiger partial charge in [0.05, 0.1) is 12.6 Å². The molecule has 1 aromatic carbocycles. The highest BCUT2D eigenvalue weighted by atomic mass is 16.3. The first-order chi connectivity index (χ1) is 7.15. The second-order valence-corrected chi connectivity index (χ2v) is 3.10. The molecule has 0 heterocycles. The predicted molar refractivity (Wildman–Crippen MR) is 55.8 cm³/mol. The van der Waals surface area contributed by atoms with E-state index in [-0.39, 0.29) is 6.54 Å². The van der Waals surface area contributed by atoms with Crippen molar-refractivity contribution in [3.8, 4) is 0 Å². The summed E-state index contributed by atoms with van der Waals surface area (Å²) in [6.07, 6.45) is -2.22. The molecular weight excluding hydrogens is 196 g/mol. The van der Waals surface area contributed by atoms with Gasteiger partial charge in [0.15, 0.2) is 0 Å². The summed E-state index contributed by atoms with van der Waals surface area (Å²) in [7, 11) is 0. The van der Waals surface area contributed by atoms with Gasteiger partial charge in [0.1, 0.15) is 6.10 Å². The first kappa shape index (κ1) is 11.3. The number of nitrogen functional groups attached to an aromatic ring is 1. The third kappa shape index (κ3) is 3.14. The van der Waals surface area contributed by atoms with Crippen molar-refractivity contribution in [2.45, 2.75) is 12.2 Å². The summed E-state index contributed by atoms with van der Waals surface area (Å²) in [6.45, 7) is -0.174. The van der Waals surface area contributed by atoms with Crippen molar-refractivity contribution in [1.82, 2.24) is 0 Å². The number of nitrogens with zero attached hydrogens (tertiary/aromatic N) is 3. The molecule has 0 amide bonds. The fourth-order valence-electron chi connectivity index (χ4n) is 1.19. The molecule has 2 unspecified atom stereocenters. The normalized spacial score (nSPS) is 14.0. The third-order valence-electron chi connectivity index (χ3n) is 1.95. The van der Waals surface area contributed by atoms with Crippen molar-refractivity contribution < 1.29 is 10.2 Å². The standard InChI is InChI=1S/C9H12N4O2/c10-7-3-1-2-6(4-7)9(15)8(14)5-12-13-11/h1-4,8-9,14-15H,5,10H2. The number of hydrogen-bond donors (Lipinski definition) is 3. The Balaban J connectivity index is 2.75. The van der Waals surface area contributed by atoms with E-state index in [0.29, 0.717) is 11.3 Å². The van der Waals surface area contributed by atoms with Crippen LogP contribution in [0.4, 0.5) is 5.69 Å². The molecule has 0 aliphatic carbocycles. The molecule has 0 saturated heterocycles. The van der Waals surface area contributed by atoms with E-state index in [1.165, 1.54) is 0 Å². The molecule has 4 N–H and O–H groups in total. The van der Waals surface area contributed by atoms with Crippen molar-refractivity contribution in [3.63, 3.8) is 0 Å². The molecule has 2 atom stereocenters. The molecule has 80 valence electrons. The van der Waals surface area contributed by atoms with Gasteiger partial charge in [-0.05, 0) is 23.2 Å². The van der Waals surface area contributed by atoms with Crippen molar-refractivity contribution in [2.75, 3.05) is 12.3 Å². The smallest absolute Gasteiger partial charge is 0.105 e. The lowest BCUT2D eigenvalue weighted by Crippen LogP contribution is -2.21. The Bertz CT molecular complexity index is 376. The third-order valence-corrected chi connectivity index (χ3v) is 1.95. The van der Waals surface area contributed by atoms with Gasteiger partial charge < -0.3 is 15.9 Å². The molecule has 15 heavy (non-hydrogen) atoms. The zero-order valence-electron chi connectivity index (χ0n) is 7.98. The predicted octanol–water partition coefficient (Wildman–Crippen LogP) is 0.973. The molecule has 0 aliphatic rings. The summed E-state index contributed by atoms with van der Waals surface area (Å²) in [4.78, 5) is 2.50. The number of rotatable bonds is 4. The second-order valence-electron chi connectivity index (χ2n) is 3.10. The molecule has 6 nitrogen and oxygen atoms in total. The molecule has 6 heteroatoms. The first-order valence-corrected chi connectivity index (χ1v) is 4.37. The fraction of sp³-hybridized carbons (Fsp3) is 0.333. The molecule has 0 aromatic heterocycles. The maximum Gasteiger partial charge on any atom is 0.105 e. The summed E-state index contributed by atoms with van der Waals surface area (Å²) in [5.74, 6) is 0. The van der Waals surface area contributed by atoms with E-state index in [9.17, 15) is 10.2 Å². The second kappa shape index (κ2) is 5.21. The van der Waals surface area contributed by atoms with Crippen LogP contribution >= 0.6 is 0 Å². The highest BCUT2D eigenvalue weighted by Crippen LogP contribution is 2.19. The Morgan fingerprint density at radius 1 is 1.47 bits per heavy atom. The van der Waals surface area contributed by atoms with E-state index in [4.69, 9.17) is 11.3 Å². The maximum atomic E-state index is 9.65. The van der Waals surface area contributed by atoms with Crippen LogP contribution < -0.4 is 5.73 Å². The lowest BCUT2D eigenvalue weighted by molar-refractivity contribution is 0.0244. The maximum absolute atomic E-state index is 9.65. The summed E-state index contributed by atoms with van der Waals surface area (Å²) in [5.41, 5.74) is 14.6. The Morgan fingerprint density at radius 3 is 2.80 bits per heavy atom. The average Bonchev–Trinajstić information content (AvgIpc) is 2.24. The number of nitrogens with two attached hydrogens (primary N) is 1. The van der Waals surface area contributed by atoms with Crippen LogP contribution in [-0.4, -0.2) is 22.9 Å². The molecule has 0 radical (unpaired) electrons. The van der Waals surface area contributed by atoms with Crippen LogP contribution in [0.1, 0.15) is 11.7 Å².